The van der Waals surface area contributed by atoms with Crippen LogP contribution in [0.3, 0.4) is 0 Å². The lowest BCUT2D eigenvalue weighted by Crippen LogP contribution is -2.45. The number of pyridine rings is 1. The zero-order chi connectivity index (χ0) is 20.2. The Kier molecular flexibility index (Phi) is 4.43. The van der Waals surface area contributed by atoms with Crippen molar-refractivity contribution in [3.05, 3.63) is 59.3 Å². The summed E-state index contributed by atoms with van der Waals surface area (Å²) < 4.78 is 33.4. The molecule has 1 aromatic carbocycles. The fraction of sp³-hybridized carbons (Fsp3) is 0.211. The van der Waals surface area contributed by atoms with Crippen molar-refractivity contribution in [3.8, 4) is 5.75 Å². The van der Waals surface area contributed by atoms with E-state index in [-0.39, 0.29) is 16.9 Å². The highest BCUT2D eigenvalue weighted by Gasteiger charge is 2.39. The van der Waals surface area contributed by atoms with E-state index in [0.717, 1.165) is 22.2 Å². The summed E-state index contributed by atoms with van der Waals surface area (Å²) in [5.74, 6) is 2.35. The number of halogens is 1. The van der Waals surface area contributed by atoms with Crippen LogP contribution in [-0.2, 0) is 10.0 Å². The van der Waals surface area contributed by atoms with E-state index in [1.54, 1.807) is 24.3 Å². The molecule has 10 heteroatoms. The Bertz CT molecular complexity index is 1220. The molecule has 29 heavy (non-hydrogen) atoms. The highest BCUT2D eigenvalue weighted by atomic mass is 35.5. The molecule has 1 aliphatic carbocycles. The van der Waals surface area contributed by atoms with E-state index in [2.05, 4.69) is 14.7 Å². The van der Waals surface area contributed by atoms with E-state index < -0.39 is 17.1 Å². The zero-order valence-corrected chi connectivity index (χ0v) is 16.7. The average molecular weight is 430 g/mol. The van der Waals surface area contributed by atoms with Gasteiger partial charge in [0, 0.05) is 28.2 Å². The first-order valence-electron chi connectivity index (χ1n) is 9.21. The molecular formula is C19H17BClN3O4S. The van der Waals surface area contributed by atoms with E-state index in [9.17, 15) is 13.4 Å². The van der Waals surface area contributed by atoms with Crippen LogP contribution in [0.4, 0.5) is 0 Å². The van der Waals surface area contributed by atoms with Crippen molar-refractivity contribution in [2.24, 2.45) is 5.92 Å². The van der Waals surface area contributed by atoms with Crippen LogP contribution in [0.15, 0.2) is 53.6 Å². The van der Waals surface area contributed by atoms with Gasteiger partial charge in [0.25, 0.3) is 0 Å². The molecule has 0 atom stereocenters. The first kappa shape index (κ1) is 18.7. The molecule has 1 fully saturated rings. The number of rotatable bonds is 4. The third-order valence-corrected chi connectivity index (χ3v) is 7.22. The van der Waals surface area contributed by atoms with Gasteiger partial charge in [-0.3, -0.25) is 0 Å². The third kappa shape index (κ3) is 3.34. The van der Waals surface area contributed by atoms with Crippen LogP contribution < -0.4 is 9.38 Å². The van der Waals surface area contributed by atoms with E-state index in [1.165, 1.54) is 12.1 Å². The quantitative estimate of drug-likeness (QED) is 0.553. The number of fused-ring (bicyclic) bond motifs is 3. The minimum absolute atomic E-state index is 0.116. The second-order valence-corrected chi connectivity index (χ2v) is 9.46. The number of sulfonamides is 1. The van der Waals surface area contributed by atoms with E-state index in [0.29, 0.717) is 23.6 Å². The molecule has 0 spiro atoms. The van der Waals surface area contributed by atoms with Gasteiger partial charge in [0.2, 0.25) is 10.0 Å². The molecule has 0 bridgehead atoms. The van der Waals surface area contributed by atoms with Crippen molar-refractivity contribution in [1.82, 2.24) is 14.7 Å². The first-order valence-corrected chi connectivity index (χ1v) is 11.1. The van der Waals surface area contributed by atoms with Crippen molar-refractivity contribution in [1.29, 1.82) is 0 Å². The maximum Gasteiger partial charge on any atom is 0.552 e. The summed E-state index contributed by atoms with van der Waals surface area (Å²) in [7, 11) is -4.65. The van der Waals surface area contributed by atoms with E-state index in [4.69, 9.17) is 16.3 Å². The molecule has 1 aliphatic heterocycles. The number of H-pyrrole nitrogens is 1. The number of aromatic amines is 1. The number of aromatic nitrogens is 2. The SMILES string of the molecule is O=S(=O)(N[C@H]1C[C@@H](C2=CB(O)Oc3cnc4[nH]ccc4c32)C1)c1ccc(Cl)cc1. The smallest absolute Gasteiger partial charge is 0.531 e. The maximum absolute atomic E-state index is 12.6. The van der Waals surface area contributed by atoms with Gasteiger partial charge in [-0.1, -0.05) is 11.6 Å². The third-order valence-electron chi connectivity index (χ3n) is 5.43. The topological polar surface area (TPSA) is 104 Å². The molecule has 1 saturated carbocycles. The number of hydrogen-bond acceptors (Lipinski definition) is 5. The Labute approximate surface area is 173 Å². The largest absolute Gasteiger partial charge is 0.552 e. The van der Waals surface area contributed by atoms with Gasteiger partial charge in [-0.05, 0) is 60.6 Å². The maximum atomic E-state index is 12.6. The summed E-state index contributed by atoms with van der Waals surface area (Å²) in [6.07, 6.45) is 4.69. The highest BCUT2D eigenvalue weighted by molar-refractivity contribution is 7.89. The zero-order valence-electron chi connectivity index (χ0n) is 15.2. The van der Waals surface area contributed by atoms with Gasteiger partial charge in [-0.15, -0.1) is 0 Å². The molecule has 3 aromatic rings. The number of allylic oxidation sites excluding steroid dienone is 1. The summed E-state index contributed by atoms with van der Waals surface area (Å²) in [6.45, 7) is 0. The fourth-order valence-electron chi connectivity index (χ4n) is 3.99. The second kappa shape index (κ2) is 6.88. The molecule has 0 radical (unpaired) electrons. The molecule has 2 aliphatic rings. The average Bonchev–Trinajstić information content (AvgIpc) is 3.12. The summed E-state index contributed by atoms with van der Waals surface area (Å²) in [5.41, 5.74) is 2.62. The molecule has 0 amide bonds. The van der Waals surface area contributed by atoms with Gasteiger partial charge in [-0.25, -0.2) is 18.1 Å². The number of hydrogen-bond donors (Lipinski definition) is 3. The van der Waals surface area contributed by atoms with Crippen molar-refractivity contribution in [3.63, 3.8) is 0 Å². The highest BCUT2D eigenvalue weighted by Crippen LogP contribution is 2.46. The lowest BCUT2D eigenvalue weighted by atomic mass is 9.68. The molecule has 0 unspecified atom stereocenters. The van der Waals surface area contributed by atoms with Crippen LogP contribution in [0.1, 0.15) is 18.4 Å². The summed E-state index contributed by atoms with van der Waals surface area (Å²) in [4.78, 5) is 7.58. The molecule has 7 nitrogen and oxygen atoms in total. The Morgan fingerprint density at radius 2 is 2.00 bits per heavy atom. The molecular weight excluding hydrogens is 413 g/mol. The Balaban J connectivity index is 1.36. The summed E-state index contributed by atoms with van der Waals surface area (Å²) in [5, 5.41) is 11.5. The van der Waals surface area contributed by atoms with Crippen LogP contribution in [0, 0.1) is 5.92 Å². The van der Waals surface area contributed by atoms with Gasteiger partial charge in [0.05, 0.1) is 11.1 Å². The molecule has 3 N–H and O–H groups in total. The van der Waals surface area contributed by atoms with Gasteiger partial charge in [0.1, 0.15) is 11.4 Å². The van der Waals surface area contributed by atoms with Crippen LogP contribution in [0.2, 0.25) is 5.02 Å². The van der Waals surface area contributed by atoms with E-state index >= 15 is 0 Å². The first-order chi connectivity index (χ1) is 13.9. The number of nitrogens with zero attached hydrogens (tertiary/aromatic N) is 1. The number of nitrogens with one attached hydrogen (secondary N) is 2. The van der Waals surface area contributed by atoms with E-state index in [1.807, 2.05) is 12.3 Å². The summed E-state index contributed by atoms with van der Waals surface area (Å²) >= 11 is 5.84. The lowest BCUT2D eigenvalue weighted by Gasteiger charge is -2.39. The predicted molar refractivity (Wildman–Crippen MR) is 111 cm³/mol. The normalized spacial score (nSPS) is 21.3. The van der Waals surface area contributed by atoms with Crippen LogP contribution in [-0.4, -0.2) is 36.6 Å². The van der Waals surface area contributed by atoms with Crippen LogP contribution >= 0.6 is 11.6 Å². The standard InChI is InChI=1S/C19H17BClN3O4S/c21-12-1-3-14(4-2-12)29(26,27)24-13-7-11(8-13)16-9-20(25)28-17-10-23-19-15(18(16)17)5-6-22-19/h1-6,9-11,13,24-25H,7-8H2,(H,22,23)/t11-,13+. The van der Waals surface area contributed by atoms with Crippen LogP contribution in [0.25, 0.3) is 16.6 Å². The minimum Gasteiger partial charge on any atom is -0.531 e. The van der Waals surface area contributed by atoms with Crippen molar-refractivity contribution in [2.75, 3.05) is 0 Å². The summed E-state index contributed by atoms with van der Waals surface area (Å²) in [6, 6.07) is 7.85. The Hall–Kier alpha value is -2.33. The molecule has 148 valence electrons. The minimum atomic E-state index is -3.61. The van der Waals surface area contributed by atoms with Gasteiger partial charge in [-0.2, -0.15) is 0 Å². The van der Waals surface area contributed by atoms with Crippen molar-refractivity contribution < 1.29 is 18.1 Å². The number of benzene rings is 1. The second-order valence-electron chi connectivity index (χ2n) is 7.31. The van der Waals surface area contributed by atoms with Crippen molar-refractivity contribution in [2.45, 2.75) is 23.8 Å². The monoisotopic (exact) mass is 429 g/mol. The Morgan fingerprint density at radius 1 is 1.24 bits per heavy atom. The Morgan fingerprint density at radius 3 is 2.76 bits per heavy atom. The molecule has 0 saturated heterocycles. The lowest BCUT2D eigenvalue weighted by molar-refractivity contribution is 0.308. The van der Waals surface area contributed by atoms with Gasteiger partial charge in [0.15, 0.2) is 0 Å². The molecule has 5 rings (SSSR count). The molecule has 2 aromatic heterocycles. The fourth-order valence-corrected chi connectivity index (χ4v) is 5.37. The van der Waals surface area contributed by atoms with Crippen molar-refractivity contribution >= 4 is 45.3 Å². The predicted octanol–water partition coefficient (Wildman–Crippen LogP) is 2.77. The van der Waals surface area contributed by atoms with Gasteiger partial charge >= 0.3 is 7.12 Å². The van der Waals surface area contributed by atoms with Gasteiger partial charge < -0.3 is 14.7 Å². The molecule has 3 heterocycles. The van der Waals surface area contributed by atoms with Crippen LogP contribution in [0.5, 0.6) is 5.75 Å².